The van der Waals surface area contributed by atoms with Crippen molar-refractivity contribution in [2.45, 2.75) is 6.92 Å². The smallest absolute Gasteiger partial charge is 0.184 e. The molecule has 2 heterocycles. The first-order chi connectivity index (χ1) is 9.04. The van der Waals surface area contributed by atoms with Gasteiger partial charge in [0.05, 0.1) is 11.2 Å². The number of benzene rings is 1. The minimum atomic E-state index is -0.411. The second-order valence-electron chi connectivity index (χ2n) is 4.28. The van der Waals surface area contributed by atoms with Crippen LogP contribution in [0.1, 0.15) is 5.56 Å². The average molecular weight is 294 g/mol. The van der Waals surface area contributed by atoms with Crippen LogP contribution in [-0.2, 0) is 0 Å². The Labute approximate surface area is 118 Å². The van der Waals surface area contributed by atoms with E-state index in [1.54, 1.807) is 16.8 Å². The van der Waals surface area contributed by atoms with E-state index < -0.39 is 5.82 Å². The van der Waals surface area contributed by atoms with E-state index in [0.29, 0.717) is 21.1 Å². The average Bonchev–Trinajstić information content (AvgIpc) is 2.62. The van der Waals surface area contributed by atoms with Gasteiger partial charge in [0.2, 0.25) is 0 Å². The minimum Gasteiger partial charge on any atom is -0.329 e. The molecule has 1 aromatic carbocycles. The Morgan fingerprint density at radius 3 is 2.84 bits per heavy atom. The molecule has 0 fully saturated rings. The highest BCUT2D eigenvalue weighted by Gasteiger charge is 2.09. The van der Waals surface area contributed by atoms with Gasteiger partial charge in [0.1, 0.15) is 5.82 Å². The van der Waals surface area contributed by atoms with Crippen molar-refractivity contribution in [3.05, 3.63) is 51.6 Å². The normalized spacial score (nSPS) is 11.1. The van der Waals surface area contributed by atoms with Crippen LogP contribution in [0.25, 0.3) is 16.9 Å². The molecular weight excluding hydrogens is 285 g/mol. The first kappa shape index (κ1) is 12.3. The number of imidazole rings is 1. The lowest BCUT2D eigenvalue weighted by atomic mass is 10.3. The number of fused-ring (bicyclic) bond motifs is 1. The molecule has 6 heteroatoms. The summed E-state index contributed by atoms with van der Waals surface area (Å²) < 4.78 is 15.6. The van der Waals surface area contributed by atoms with Crippen LogP contribution in [0, 0.1) is 17.5 Å². The third kappa shape index (κ3) is 2.15. The fourth-order valence-corrected chi connectivity index (χ4v) is 2.53. The minimum absolute atomic E-state index is 0.318. The number of pyridine rings is 1. The predicted octanol–water partition coefficient (Wildman–Crippen LogP) is 4.18. The number of aromatic amines is 1. The first-order valence-corrected chi connectivity index (χ1v) is 6.37. The molecule has 0 aliphatic rings. The van der Waals surface area contributed by atoms with Crippen molar-refractivity contribution in [1.29, 1.82) is 0 Å². The molecule has 0 spiro atoms. The zero-order valence-electron chi connectivity index (χ0n) is 9.95. The quantitative estimate of drug-likeness (QED) is 0.683. The molecule has 0 bridgehead atoms. The van der Waals surface area contributed by atoms with Gasteiger partial charge in [0.15, 0.2) is 10.4 Å². The maximum Gasteiger partial charge on any atom is 0.184 e. The van der Waals surface area contributed by atoms with Gasteiger partial charge in [-0.05, 0) is 49.0 Å². The van der Waals surface area contributed by atoms with Crippen LogP contribution in [-0.4, -0.2) is 14.5 Å². The van der Waals surface area contributed by atoms with Crippen molar-refractivity contribution < 1.29 is 4.39 Å². The number of halogens is 2. The summed E-state index contributed by atoms with van der Waals surface area (Å²) in [6, 6.07) is 6.21. The van der Waals surface area contributed by atoms with E-state index in [9.17, 15) is 4.39 Å². The Hall–Kier alpha value is -1.72. The first-order valence-electron chi connectivity index (χ1n) is 5.58. The number of rotatable bonds is 1. The lowest BCUT2D eigenvalue weighted by Gasteiger charge is -2.05. The molecule has 2 aromatic heterocycles. The number of aromatic nitrogens is 3. The highest BCUT2D eigenvalue weighted by Crippen LogP contribution is 2.22. The van der Waals surface area contributed by atoms with Gasteiger partial charge in [-0.1, -0.05) is 11.6 Å². The zero-order valence-corrected chi connectivity index (χ0v) is 11.5. The van der Waals surface area contributed by atoms with Crippen molar-refractivity contribution >= 4 is 35.0 Å². The van der Waals surface area contributed by atoms with Gasteiger partial charge >= 0.3 is 0 Å². The molecule has 19 heavy (non-hydrogen) atoms. The van der Waals surface area contributed by atoms with Gasteiger partial charge in [0, 0.05) is 11.2 Å². The van der Waals surface area contributed by atoms with E-state index in [2.05, 4.69) is 9.97 Å². The molecule has 0 radical (unpaired) electrons. The van der Waals surface area contributed by atoms with Crippen molar-refractivity contribution in [2.75, 3.05) is 0 Å². The van der Waals surface area contributed by atoms with Crippen LogP contribution >= 0.6 is 23.8 Å². The summed E-state index contributed by atoms with van der Waals surface area (Å²) in [4.78, 5) is 7.39. The SMILES string of the molecule is Cc1cnc2c(c1)[nH]c(=S)n2-c1cc(F)cc(Cl)c1. The third-order valence-electron chi connectivity index (χ3n) is 2.77. The lowest BCUT2D eigenvalue weighted by Crippen LogP contribution is -1.96. The third-order valence-corrected chi connectivity index (χ3v) is 3.27. The molecule has 0 saturated heterocycles. The highest BCUT2D eigenvalue weighted by atomic mass is 35.5. The highest BCUT2D eigenvalue weighted by molar-refractivity contribution is 7.71. The summed E-state index contributed by atoms with van der Waals surface area (Å²) in [5.74, 6) is -0.411. The summed E-state index contributed by atoms with van der Waals surface area (Å²) in [5, 5.41) is 0.318. The monoisotopic (exact) mass is 293 g/mol. The van der Waals surface area contributed by atoms with Gasteiger partial charge in [-0.25, -0.2) is 9.37 Å². The number of nitrogens with one attached hydrogen (secondary N) is 1. The summed E-state index contributed by atoms with van der Waals surface area (Å²) in [7, 11) is 0. The molecular formula is C13H9ClFN3S. The standard InChI is InChI=1S/C13H9ClFN3S/c1-7-2-11-12(16-6-7)18(13(19)17-11)10-4-8(14)3-9(15)5-10/h2-6H,1H3,(H,17,19). The number of hydrogen-bond acceptors (Lipinski definition) is 2. The van der Waals surface area contributed by atoms with Crippen molar-refractivity contribution in [2.24, 2.45) is 0 Å². The van der Waals surface area contributed by atoms with E-state index in [1.807, 2.05) is 13.0 Å². The van der Waals surface area contributed by atoms with Gasteiger partial charge in [-0.2, -0.15) is 0 Å². The van der Waals surface area contributed by atoms with E-state index in [4.69, 9.17) is 23.8 Å². The largest absolute Gasteiger partial charge is 0.329 e. The maximum absolute atomic E-state index is 13.5. The van der Waals surface area contributed by atoms with Gasteiger partial charge in [0.25, 0.3) is 0 Å². The second kappa shape index (κ2) is 4.43. The van der Waals surface area contributed by atoms with Crippen LogP contribution in [0.3, 0.4) is 0 Å². The Kier molecular flexibility index (Phi) is 2.88. The number of hydrogen-bond donors (Lipinski definition) is 1. The fourth-order valence-electron chi connectivity index (χ4n) is 2.01. The topological polar surface area (TPSA) is 33.6 Å². The van der Waals surface area contributed by atoms with Crippen LogP contribution < -0.4 is 0 Å². The van der Waals surface area contributed by atoms with E-state index in [1.165, 1.54) is 12.1 Å². The molecule has 0 saturated carbocycles. The maximum atomic E-state index is 13.5. The van der Waals surface area contributed by atoms with Crippen molar-refractivity contribution in [3.8, 4) is 5.69 Å². The van der Waals surface area contributed by atoms with E-state index >= 15 is 0 Å². The van der Waals surface area contributed by atoms with Crippen molar-refractivity contribution in [1.82, 2.24) is 14.5 Å². The van der Waals surface area contributed by atoms with Gasteiger partial charge in [-0.3, -0.25) is 4.57 Å². The van der Waals surface area contributed by atoms with Crippen LogP contribution in [0.2, 0.25) is 5.02 Å². The van der Waals surface area contributed by atoms with Gasteiger partial charge in [-0.15, -0.1) is 0 Å². The molecule has 3 aromatic rings. The van der Waals surface area contributed by atoms with E-state index in [0.717, 1.165) is 11.1 Å². The molecule has 3 nitrogen and oxygen atoms in total. The Morgan fingerprint density at radius 1 is 1.32 bits per heavy atom. The Balaban J connectivity index is 2.36. The molecule has 0 atom stereocenters. The van der Waals surface area contributed by atoms with Crippen LogP contribution in [0.15, 0.2) is 30.5 Å². The zero-order chi connectivity index (χ0) is 13.6. The second-order valence-corrected chi connectivity index (χ2v) is 5.10. The molecule has 0 aliphatic carbocycles. The van der Waals surface area contributed by atoms with E-state index in [-0.39, 0.29) is 0 Å². The molecule has 0 unspecified atom stereocenters. The molecule has 1 N–H and O–H groups in total. The number of H-pyrrole nitrogens is 1. The Morgan fingerprint density at radius 2 is 2.11 bits per heavy atom. The van der Waals surface area contributed by atoms with Crippen molar-refractivity contribution in [3.63, 3.8) is 0 Å². The molecule has 3 rings (SSSR count). The van der Waals surface area contributed by atoms with Crippen LogP contribution in [0.5, 0.6) is 0 Å². The van der Waals surface area contributed by atoms with Gasteiger partial charge < -0.3 is 4.98 Å². The number of aryl methyl sites for hydroxylation is 1. The van der Waals surface area contributed by atoms with Crippen LogP contribution in [0.4, 0.5) is 4.39 Å². The predicted molar refractivity (Wildman–Crippen MR) is 76.0 cm³/mol. The summed E-state index contributed by atoms with van der Waals surface area (Å²) in [5.41, 5.74) is 3.04. The number of nitrogens with zero attached hydrogens (tertiary/aromatic N) is 2. The summed E-state index contributed by atoms with van der Waals surface area (Å²) in [6.07, 6.45) is 1.74. The molecule has 0 amide bonds. The molecule has 0 aliphatic heterocycles. The molecule has 96 valence electrons. The lowest BCUT2D eigenvalue weighted by molar-refractivity contribution is 0.626. The summed E-state index contributed by atoms with van der Waals surface area (Å²) >= 11 is 11.1. The fraction of sp³-hybridized carbons (Fsp3) is 0.0769. The summed E-state index contributed by atoms with van der Waals surface area (Å²) in [6.45, 7) is 1.94. The Bertz CT molecular complexity index is 817.